The minimum absolute atomic E-state index is 0.0953. The number of rotatable bonds is 2. The molecule has 3 aromatic rings. The van der Waals surface area contributed by atoms with E-state index < -0.39 is 0 Å². The molecule has 0 saturated carbocycles. The maximum absolute atomic E-state index is 6.00. The van der Waals surface area contributed by atoms with Crippen LogP contribution in [0.4, 0.5) is 11.9 Å². The summed E-state index contributed by atoms with van der Waals surface area (Å²) in [7, 11) is 0. The van der Waals surface area contributed by atoms with Gasteiger partial charge in [0, 0.05) is 5.02 Å². The van der Waals surface area contributed by atoms with Gasteiger partial charge in [-0.25, -0.2) is 4.68 Å². The normalized spacial score (nSPS) is 19.9. The summed E-state index contributed by atoms with van der Waals surface area (Å²) >= 11 is 6.00. The number of anilines is 2. The van der Waals surface area contributed by atoms with E-state index in [4.69, 9.17) is 17.3 Å². The van der Waals surface area contributed by atoms with Gasteiger partial charge in [0.05, 0.1) is 12.1 Å². The summed E-state index contributed by atoms with van der Waals surface area (Å²) in [5.41, 5.74) is 8.17. The van der Waals surface area contributed by atoms with E-state index in [1.165, 1.54) is 11.1 Å². The second kappa shape index (κ2) is 5.59. The average molecular weight is 326 g/mol. The summed E-state index contributed by atoms with van der Waals surface area (Å²) in [5, 5.41) is 8.50. The Morgan fingerprint density at radius 1 is 1.04 bits per heavy atom. The molecule has 1 aliphatic heterocycles. The van der Waals surface area contributed by atoms with E-state index in [1.54, 1.807) is 0 Å². The lowest BCUT2D eigenvalue weighted by molar-refractivity contribution is 0.431. The van der Waals surface area contributed by atoms with Gasteiger partial charge in [-0.1, -0.05) is 54.1 Å². The van der Waals surface area contributed by atoms with Crippen LogP contribution in [-0.2, 0) is 0 Å². The maximum Gasteiger partial charge on any atom is 0.241 e. The summed E-state index contributed by atoms with van der Waals surface area (Å²) in [6.07, 6.45) is 0.863. The average Bonchev–Trinajstić information content (AvgIpc) is 2.95. The van der Waals surface area contributed by atoms with Gasteiger partial charge in [-0.2, -0.15) is 4.98 Å². The molecule has 0 bridgehead atoms. The van der Waals surface area contributed by atoms with Crippen LogP contribution in [0.25, 0.3) is 0 Å². The largest absolute Gasteiger partial charge is 0.366 e. The number of nitrogens with one attached hydrogen (secondary N) is 1. The number of nitrogens with zero attached hydrogens (tertiary/aromatic N) is 3. The minimum Gasteiger partial charge on any atom is -0.366 e. The summed E-state index contributed by atoms with van der Waals surface area (Å²) < 4.78 is 1.87. The van der Waals surface area contributed by atoms with Crippen molar-refractivity contribution in [2.24, 2.45) is 0 Å². The second-order valence-electron chi connectivity index (χ2n) is 5.65. The van der Waals surface area contributed by atoms with Crippen LogP contribution in [-0.4, -0.2) is 14.8 Å². The van der Waals surface area contributed by atoms with E-state index in [0.717, 1.165) is 11.4 Å². The number of halogens is 1. The lowest BCUT2D eigenvalue weighted by Gasteiger charge is -2.31. The first kappa shape index (κ1) is 14.1. The number of benzene rings is 2. The fourth-order valence-corrected chi connectivity index (χ4v) is 3.19. The Hall–Kier alpha value is -2.53. The van der Waals surface area contributed by atoms with Gasteiger partial charge in [-0.05, 0) is 29.7 Å². The predicted octanol–water partition coefficient (Wildman–Crippen LogP) is 3.66. The summed E-state index contributed by atoms with van der Waals surface area (Å²) in [5.74, 6) is 0.979. The third kappa shape index (κ3) is 2.64. The Morgan fingerprint density at radius 2 is 1.78 bits per heavy atom. The van der Waals surface area contributed by atoms with E-state index in [9.17, 15) is 0 Å². The van der Waals surface area contributed by atoms with Crippen LogP contribution < -0.4 is 11.1 Å². The topological polar surface area (TPSA) is 68.8 Å². The van der Waals surface area contributed by atoms with Crippen molar-refractivity contribution >= 4 is 23.5 Å². The van der Waals surface area contributed by atoms with Gasteiger partial charge in [-0.15, -0.1) is 5.10 Å². The maximum atomic E-state index is 6.00. The predicted molar refractivity (Wildman–Crippen MR) is 91.4 cm³/mol. The number of hydrogen-bond donors (Lipinski definition) is 2. The van der Waals surface area contributed by atoms with Gasteiger partial charge in [-0.3, -0.25) is 0 Å². The third-order valence-corrected chi connectivity index (χ3v) is 4.41. The van der Waals surface area contributed by atoms with Crippen molar-refractivity contribution in [1.82, 2.24) is 14.8 Å². The molecular formula is C17H16ClN5. The number of nitrogens with two attached hydrogens (primary N) is 1. The molecule has 0 fully saturated rings. The summed E-state index contributed by atoms with van der Waals surface area (Å²) in [6.45, 7) is 0. The standard InChI is InChI=1S/C17H16ClN5/c18-13-8-6-11(7-9-13)14-10-15(12-4-2-1-3-5-12)23-17(20-14)21-16(19)22-23/h1-9,14-15H,10H2,(H3,19,20,21,22)/t14-,15+/m1/s1. The Balaban J connectivity index is 1.75. The van der Waals surface area contributed by atoms with Gasteiger partial charge < -0.3 is 11.1 Å². The third-order valence-electron chi connectivity index (χ3n) is 4.16. The number of fused-ring (bicyclic) bond motifs is 1. The van der Waals surface area contributed by atoms with Crippen LogP contribution in [0.1, 0.15) is 29.6 Å². The second-order valence-corrected chi connectivity index (χ2v) is 6.09. The monoisotopic (exact) mass is 325 g/mol. The quantitative estimate of drug-likeness (QED) is 0.754. The van der Waals surface area contributed by atoms with Crippen molar-refractivity contribution in [3.05, 3.63) is 70.7 Å². The van der Waals surface area contributed by atoms with Crippen molar-refractivity contribution in [1.29, 1.82) is 0 Å². The summed E-state index contributed by atoms with van der Waals surface area (Å²) in [4.78, 5) is 4.31. The van der Waals surface area contributed by atoms with E-state index in [-0.39, 0.29) is 18.0 Å². The molecule has 2 heterocycles. The highest BCUT2D eigenvalue weighted by atomic mass is 35.5. The van der Waals surface area contributed by atoms with Gasteiger partial charge >= 0.3 is 0 Å². The van der Waals surface area contributed by atoms with Gasteiger partial charge in [0.25, 0.3) is 0 Å². The molecule has 116 valence electrons. The highest BCUT2D eigenvalue weighted by molar-refractivity contribution is 6.30. The molecule has 2 atom stereocenters. The van der Waals surface area contributed by atoms with Gasteiger partial charge in [0.15, 0.2) is 0 Å². The van der Waals surface area contributed by atoms with Crippen molar-refractivity contribution in [3.8, 4) is 0 Å². The molecular weight excluding hydrogens is 310 g/mol. The smallest absolute Gasteiger partial charge is 0.241 e. The zero-order valence-corrected chi connectivity index (χ0v) is 13.1. The van der Waals surface area contributed by atoms with E-state index in [1.807, 2.05) is 47.1 Å². The molecule has 0 aliphatic carbocycles. The van der Waals surface area contributed by atoms with Crippen LogP contribution >= 0.6 is 11.6 Å². The molecule has 1 aliphatic rings. The van der Waals surface area contributed by atoms with Crippen LogP contribution in [0, 0.1) is 0 Å². The molecule has 1 aromatic heterocycles. The lowest BCUT2D eigenvalue weighted by atomic mass is 9.93. The Bertz CT molecular complexity index is 813. The van der Waals surface area contributed by atoms with E-state index in [2.05, 4.69) is 27.5 Å². The molecule has 5 nitrogen and oxygen atoms in total. The highest BCUT2D eigenvalue weighted by Gasteiger charge is 2.30. The van der Waals surface area contributed by atoms with E-state index in [0.29, 0.717) is 5.95 Å². The van der Waals surface area contributed by atoms with Crippen molar-refractivity contribution in [2.45, 2.75) is 18.5 Å². The van der Waals surface area contributed by atoms with Gasteiger partial charge in [0.2, 0.25) is 11.9 Å². The molecule has 4 rings (SSSR count). The van der Waals surface area contributed by atoms with Crippen molar-refractivity contribution in [2.75, 3.05) is 11.1 Å². The SMILES string of the molecule is Nc1nc2n(n1)[C@H](c1ccccc1)C[C@H](c1ccc(Cl)cc1)N2. The number of aromatic nitrogens is 3. The molecule has 0 unspecified atom stereocenters. The lowest BCUT2D eigenvalue weighted by Crippen LogP contribution is -2.28. The van der Waals surface area contributed by atoms with E-state index >= 15 is 0 Å². The number of nitrogen functional groups attached to an aromatic ring is 1. The number of hydrogen-bond acceptors (Lipinski definition) is 4. The van der Waals surface area contributed by atoms with Crippen LogP contribution in [0.15, 0.2) is 54.6 Å². The molecule has 0 saturated heterocycles. The Kier molecular flexibility index (Phi) is 3.42. The molecule has 0 spiro atoms. The zero-order valence-electron chi connectivity index (χ0n) is 12.4. The first-order chi connectivity index (χ1) is 11.2. The fourth-order valence-electron chi connectivity index (χ4n) is 3.06. The van der Waals surface area contributed by atoms with Crippen molar-refractivity contribution < 1.29 is 0 Å². The van der Waals surface area contributed by atoms with Crippen LogP contribution in [0.2, 0.25) is 5.02 Å². The Morgan fingerprint density at radius 3 is 2.52 bits per heavy atom. The molecule has 3 N–H and O–H groups in total. The Labute approximate surface area is 139 Å². The van der Waals surface area contributed by atoms with Crippen LogP contribution in [0.5, 0.6) is 0 Å². The van der Waals surface area contributed by atoms with Gasteiger partial charge in [0.1, 0.15) is 0 Å². The summed E-state index contributed by atoms with van der Waals surface area (Å²) in [6, 6.07) is 18.4. The zero-order chi connectivity index (χ0) is 15.8. The van der Waals surface area contributed by atoms with Crippen LogP contribution in [0.3, 0.4) is 0 Å². The molecule has 0 amide bonds. The van der Waals surface area contributed by atoms with Crippen molar-refractivity contribution in [3.63, 3.8) is 0 Å². The molecule has 6 heteroatoms. The first-order valence-electron chi connectivity index (χ1n) is 7.49. The minimum atomic E-state index is 0.0953. The molecule has 23 heavy (non-hydrogen) atoms. The molecule has 0 radical (unpaired) electrons. The first-order valence-corrected chi connectivity index (χ1v) is 7.87. The molecule has 2 aromatic carbocycles. The fraction of sp³-hybridized carbons (Fsp3) is 0.176. The highest BCUT2D eigenvalue weighted by Crippen LogP contribution is 2.38.